The van der Waals surface area contributed by atoms with Crippen LogP contribution in [0, 0.1) is 0 Å². The second kappa shape index (κ2) is 8.45. The molecule has 3 nitrogen and oxygen atoms in total. The summed E-state index contributed by atoms with van der Waals surface area (Å²) in [6.07, 6.45) is 5.39. The first kappa shape index (κ1) is 22.4. The third-order valence-electron chi connectivity index (χ3n) is 6.01. The van der Waals surface area contributed by atoms with Gasteiger partial charge in [0.05, 0.1) is 0 Å². The molecule has 0 aromatic heterocycles. The molecule has 0 saturated heterocycles. The summed E-state index contributed by atoms with van der Waals surface area (Å²) in [5.74, 6) is 0.516. The lowest BCUT2D eigenvalue weighted by atomic mass is 9.65. The molecule has 2 aromatic carbocycles. The molecule has 0 amide bonds. The molecule has 162 valence electrons. The third kappa shape index (κ3) is 5.24. The van der Waals surface area contributed by atoms with Gasteiger partial charge in [0.1, 0.15) is 11.4 Å². The van der Waals surface area contributed by atoms with E-state index in [1.165, 1.54) is 36.0 Å². The van der Waals surface area contributed by atoms with Crippen LogP contribution in [-0.4, -0.2) is 11.8 Å². The fraction of sp³-hybridized carbons (Fsp3) is 0.519. The topological polar surface area (TPSA) is 35.5 Å². The molecule has 3 heteroatoms. The van der Waals surface area contributed by atoms with Crippen LogP contribution in [0.3, 0.4) is 0 Å². The zero-order valence-electron chi connectivity index (χ0n) is 19.4. The van der Waals surface area contributed by atoms with Crippen molar-refractivity contribution in [3.8, 4) is 5.75 Å². The molecule has 0 radical (unpaired) electrons. The monoisotopic (exact) mass is 408 g/mol. The Balaban J connectivity index is 1.86. The van der Waals surface area contributed by atoms with Crippen LogP contribution in [0.5, 0.6) is 5.75 Å². The first-order valence-corrected chi connectivity index (χ1v) is 11.1. The Morgan fingerprint density at radius 3 is 1.73 bits per heavy atom. The van der Waals surface area contributed by atoms with E-state index in [0.29, 0.717) is 5.75 Å². The van der Waals surface area contributed by atoms with Crippen molar-refractivity contribution in [1.82, 2.24) is 0 Å². The minimum atomic E-state index is -0.666. The van der Waals surface area contributed by atoms with Gasteiger partial charge in [0, 0.05) is 5.41 Å². The lowest BCUT2D eigenvalue weighted by Gasteiger charge is -2.39. The number of rotatable bonds is 3. The molecular formula is C27H36O3. The molecule has 1 saturated carbocycles. The second-order valence-corrected chi connectivity index (χ2v) is 10.6. The SMILES string of the molecule is CC(C)(C)OC(=O)Oc1ccc(C2(c3ccc(C(C)(C)C)cc3)CCCCC2)cc1. The number of carbonyl (C=O) groups is 1. The van der Waals surface area contributed by atoms with Gasteiger partial charge in [-0.2, -0.15) is 0 Å². The maximum absolute atomic E-state index is 12.0. The van der Waals surface area contributed by atoms with E-state index >= 15 is 0 Å². The lowest BCUT2D eigenvalue weighted by molar-refractivity contribution is 0.0206. The van der Waals surface area contributed by atoms with Crippen LogP contribution in [0.25, 0.3) is 0 Å². The quantitative estimate of drug-likeness (QED) is 0.388. The van der Waals surface area contributed by atoms with Crippen molar-refractivity contribution in [3.63, 3.8) is 0 Å². The van der Waals surface area contributed by atoms with Crippen molar-refractivity contribution in [2.75, 3.05) is 0 Å². The fourth-order valence-electron chi connectivity index (χ4n) is 4.40. The van der Waals surface area contributed by atoms with Crippen LogP contribution in [0.4, 0.5) is 4.79 Å². The lowest BCUT2D eigenvalue weighted by Crippen LogP contribution is -2.30. The summed E-state index contributed by atoms with van der Waals surface area (Å²) in [7, 11) is 0. The van der Waals surface area contributed by atoms with Gasteiger partial charge in [-0.1, -0.05) is 76.4 Å². The summed E-state index contributed by atoms with van der Waals surface area (Å²) in [6, 6.07) is 17.2. The molecule has 30 heavy (non-hydrogen) atoms. The van der Waals surface area contributed by atoms with Crippen LogP contribution in [0.15, 0.2) is 48.5 Å². The highest BCUT2D eigenvalue weighted by Gasteiger charge is 2.36. The number of hydrogen-bond acceptors (Lipinski definition) is 3. The molecule has 1 aliphatic carbocycles. The molecule has 0 aliphatic heterocycles. The number of hydrogen-bond donors (Lipinski definition) is 0. The van der Waals surface area contributed by atoms with Gasteiger partial charge in [-0.05, 0) is 67.9 Å². The Morgan fingerprint density at radius 2 is 1.27 bits per heavy atom. The van der Waals surface area contributed by atoms with E-state index in [4.69, 9.17) is 9.47 Å². The van der Waals surface area contributed by atoms with E-state index in [-0.39, 0.29) is 10.8 Å². The predicted octanol–water partition coefficient (Wildman–Crippen LogP) is 7.55. The van der Waals surface area contributed by atoms with Crippen LogP contribution >= 0.6 is 0 Å². The zero-order valence-corrected chi connectivity index (χ0v) is 19.4. The maximum Gasteiger partial charge on any atom is 0.514 e. The summed E-state index contributed by atoms with van der Waals surface area (Å²) in [6.45, 7) is 12.2. The molecule has 0 N–H and O–H groups in total. The van der Waals surface area contributed by atoms with Crippen molar-refractivity contribution >= 4 is 6.16 Å². The van der Waals surface area contributed by atoms with E-state index in [9.17, 15) is 4.79 Å². The highest BCUT2D eigenvalue weighted by Crippen LogP contribution is 2.45. The molecule has 0 spiro atoms. The number of carbonyl (C=O) groups excluding carboxylic acids is 1. The minimum absolute atomic E-state index is 0.0269. The Hall–Kier alpha value is -2.29. The molecule has 0 heterocycles. The molecule has 0 atom stereocenters. The summed E-state index contributed by atoms with van der Waals surface area (Å²) >= 11 is 0. The van der Waals surface area contributed by atoms with E-state index in [1.807, 2.05) is 32.9 Å². The van der Waals surface area contributed by atoms with E-state index in [0.717, 1.165) is 12.8 Å². The highest BCUT2D eigenvalue weighted by atomic mass is 16.7. The van der Waals surface area contributed by atoms with Gasteiger partial charge < -0.3 is 9.47 Å². The first-order valence-electron chi connectivity index (χ1n) is 11.1. The molecular weight excluding hydrogens is 372 g/mol. The molecule has 0 bridgehead atoms. The normalized spacial score (nSPS) is 16.7. The van der Waals surface area contributed by atoms with Gasteiger partial charge in [-0.3, -0.25) is 0 Å². The smallest absolute Gasteiger partial charge is 0.428 e. The standard InChI is InChI=1S/C27H36O3/c1-25(2,3)20-10-12-21(13-11-20)27(18-8-7-9-19-27)22-14-16-23(17-15-22)29-24(28)30-26(4,5)6/h10-17H,7-9,18-19H2,1-6H3. The van der Waals surface area contributed by atoms with Crippen molar-refractivity contribution in [2.24, 2.45) is 0 Å². The average molecular weight is 409 g/mol. The summed E-state index contributed by atoms with van der Waals surface area (Å²) in [4.78, 5) is 12.0. The Labute approximate surface area is 181 Å². The minimum Gasteiger partial charge on any atom is -0.428 e. The van der Waals surface area contributed by atoms with Crippen molar-refractivity contribution < 1.29 is 14.3 Å². The summed E-state index contributed by atoms with van der Waals surface area (Å²) < 4.78 is 10.6. The number of ether oxygens (including phenoxy) is 2. The van der Waals surface area contributed by atoms with Gasteiger partial charge in [0.2, 0.25) is 0 Å². The third-order valence-corrected chi connectivity index (χ3v) is 6.01. The van der Waals surface area contributed by atoms with E-state index in [2.05, 4.69) is 57.2 Å². The molecule has 1 aliphatic rings. The van der Waals surface area contributed by atoms with Gasteiger partial charge >= 0.3 is 6.16 Å². The predicted molar refractivity (Wildman–Crippen MR) is 122 cm³/mol. The number of benzene rings is 2. The van der Waals surface area contributed by atoms with Crippen LogP contribution in [0.1, 0.15) is 90.3 Å². The van der Waals surface area contributed by atoms with Crippen molar-refractivity contribution in [3.05, 3.63) is 65.2 Å². The molecule has 3 rings (SSSR count). The van der Waals surface area contributed by atoms with E-state index < -0.39 is 11.8 Å². The first-order chi connectivity index (χ1) is 14.0. The maximum atomic E-state index is 12.0. The highest BCUT2D eigenvalue weighted by molar-refractivity contribution is 5.64. The van der Waals surface area contributed by atoms with Gasteiger partial charge in [0.25, 0.3) is 0 Å². The van der Waals surface area contributed by atoms with Crippen molar-refractivity contribution in [2.45, 2.75) is 90.1 Å². The summed E-state index contributed by atoms with van der Waals surface area (Å²) in [5, 5.41) is 0. The fourth-order valence-corrected chi connectivity index (χ4v) is 4.40. The van der Waals surface area contributed by atoms with Gasteiger partial charge in [-0.25, -0.2) is 4.79 Å². The molecule has 0 unspecified atom stereocenters. The van der Waals surface area contributed by atoms with Crippen LogP contribution < -0.4 is 4.74 Å². The Bertz CT molecular complexity index is 843. The van der Waals surface area contributed by atoms with Crippen LogP contribution in [0.2, 0.25) is 0 Å². The van der Waals surface area contributed by atoms with Gasteiger partial charge in [-0.15, -0.1) is 0 Å². The second-order valence-electron chi connectivity index (χ2n) is 10.6. The summed E-state index contributed by atoms with van der Waals surface area (Å²) in [5.41, 5.74) is 3.65. The van der Waals surface area contributed by atoms with E-state index in [1.54, 1.807) is 0 Å². The van der Waals surface area contributed by atoms with Crippen LogP contribution in [-0.2, 0) is 15.6 Å². The Morgan fingerprint density at radius 1 is 0.767 bits per heavy atom. The largest absolute Gasteiger partial charge is 0.514 e. The molecule has 2 aromatic rings. The molecule has 1 fully saturated rings. The van der Waals surface area contributed by atoms with Gasteiger partial charge in [0.15, 0.2) is 0 Å². The zero-order chi connectivity index (χ0) is 22.0. The Kier molecular flexibility index (Phi) is 6.31. The average Bonchev–Trinajstić information content (AvgIpc) is 2.67. The van der Waals surface area contributed by atoms with Crippen molar-refractivity contribution in [1.29, 1.82) is 0 Å².